The minimum Gasteiger partial charge on any atom is -0.374 e. The molecule has 2 N–H and O–H groups in total. The molecule has 0 saturated heterocycles. The molecule has 0 atom stereocenters. The lowest BCUT2D eigenvalue weighted by atomic mass is 10.4. The summed E-state index contributed by atoms with van der Waals surface area (Å²) in [6.45, 7) is 0. The number of benzene rings is 1. The van der Waals surface area contributed by atoms with E-state index in [9.17, 15) is 12.8 Å². The van der Waals surface area contributed by atoms with Crippen molar-refractivity contribution < 1.29 is 12.8 Å². The molecule has 20 heavy (non-hydrogen) atoms. The second kappa shape index (κ2) is 6.51. The molecule has 108 valence electrons. The molecule has 2 rings (SSSR count). The van der Waals surface area contributed by atoms with Gasteiger partial charge in [-0.3, -0.25) is 0 Å². The normalized spacial score (nSPS) is 11.7. The van der Waals surface area contributed by atoms with Crippen molar-refractivity contribution in [1.82, 2.24) is 10.2 Å². The van der Waals surface area contributed by atoms with Gasteiger partial charge in [0.2, 0.25) is 5.13 Å². The fraction of sp³-hybridized carbons (Fsp3) is 0.273. The first-order valence-electron chi connectivity index (χ1n) is 5.67. The zero-order chi connectivity index (χ0) is 14.6. The zero-order valence-electron chi connectivity index (χ0n) is 10.3. The predicted octanol–water partition coefficient (Wildman–Crippen LogP) is 2.22. The molecule has 1 aromatic heterocycles. The summed E-state index contributed by atoms with van der Waals surface area (Å²) < 4.78 is 37.4. The van der Waals surface area contributed by atoms with Crippen LogP contribution in [0.5, 0.6) is 0 Å². The molecule has 5 nitrogen and oxygen atoms in total. The molecule has 1 heterocycles. The van der Waals surface area contributed by atoms with Gasteiger partial charge in [0.15, 0.2) is 14.2 Å². The Morgan fingerprint density at radius 3 is 2.55 bits per heavy atom. The lowest BCUT2D eigenvalue weighted by Crippen LogP contribution is -2.07. The quantitative estimate of drug-likeness (QED) is 0.495. The van der Waals surface area contributed by atoms with Crippen LogP contribution in [0.2, 0.25) is 0 Å². The summed E-state index contributed by atoms with van der Waals surface area (Å²) >= 11 is 2.69. The van der Waals surface area contributed by atoms with E-state index in [4.69, 9.17) is 5.73 Å². The number of halogens is 1. The number of anilines is 1. The number of nitrogen functional groups attached to an aromatic ring is 1. The van der Waals surface area contributed by atoms with Crippen molar-refractivity contribution in [2.24, 2.45) is 0 Å². The molecule has 9 heteroatoms. The van der Waals surface area contributed by atoms with Gasteiger partial charge >= 0.3 is 0 Å². The molecule has 0 radical (unpaired) electrons. The number of rotatable bonds is 6. The van der Waals surface area contributed by atoms with Gasteiger partial charge in [0, 0.05) is 5.75 Å². The van der Waals surface area contributed by atoms with E-state index in [-0.39, 0.29) is 10.6 Å². The Labute approximate surface area is 124 Å². The van der Waals surface area contributed by atoms with Gasteiger partial charge in [-0.1, -0.05) is 23.1 Å². The summed E-state index contributed by atoms with van der Waals surface area (Å²) in [5, 5.41) is 7.90. The molecule has 0 aliphatic carbocycles. The Balaban J connectivity index is 1.85. The van der Waals surface area contributed by atoms with E-state index in [0.717, 1.165) is 16.5 Å². The minimum atomic E-state index is -3.36. The van der Waals surface area contributed by atoms with Crippen molar-refractivity contribution in [2.45, 2.75) is 15.7 Å². The van der Waals surface area contributed by atoms with Crippen molar-refractivity contribution in [2.75, 3.05) is 17.2 Å². The Kier molecular flexibility index (Phi) is 4.95. The third-order valence-electron chi connectivity index (χ3n) is 2.38. The van der Waals surface area contributed by atoms with Gasteiger partial charge in [-0.15, -0.1) is 10.2 Å². The summed E-state index contributed by atoms with van der Waals surface area (Å²) in [6.07, 6.45) is 0.476. The molecular weight excluding hydrogens is 321 g/mol. The Morgan fingerprint density at radius 2 is 1.95 bits per heavy atom. The number of sulfone groups is 1. The molecular formula is C11H12FN3O2S3. The minimum absolute atomic E-state index is 0.0138. The van der Waals surface area contributed by atoms with Crippen LogP contribution in [0.3, 0.4) is 0 Å². The smallest absolute Gasteiger partial charge is 0.203 e. The Morgan fingerprint density at radius 1 is 1.25 bits per heavy atom. The standard InChI is InChI=1S/C11H12FN3O2S3/c12-8-2-4-9(5-3-8)20(16,17)7-1-6-18-11-15-14-10(13)19-11/h2-5H,1,6-7H2,(H2,13,14). The van der Waals surface area contributed by atoms with Crippen molar-refractivity contribution >= 4 is 38.1 Å². The van der Waals surface area contributed by atoms with Gasteiger partial charge in [-0.2, -0.15) is 0 Å². The maximum Gasteiger partial charge on any atom is 0.203 e. The van der Waals surface area contributed by atoms with Crippen LogP contribution >= 0.6 is 23.1 Å². The van der Waals surface area contributed by atoms with Crippen LogP contribution in [-0.4, -0.2) is 30.1 Å². The second-order valence-electron chi connectivity index (χ2n) is 3.88. The summed E-state index contributed by atoms with van der Waals surface area (Å²) in [5.41, 5.74) is 5.45. The number of nitrogens with zero attached hydrogens (tertiary/aromatic N) is 2. The predicted molar refractivity (Wildman–Crippen MR) is 78.1 cm³/mol. The van der Waals surface area contributed by atoms with Gasteiger partial charge in [0.05, 0.1) is 10.6 Å². The Hall–Kier alpha value is -1.19. The van der Waals surface area contributed by atoms with E-state index in [1.54, 1.807) is 0 Å². The van der Waals surface area contributed by atoms with E-state index in [1.165, 1.54) is 35.2 Å². The summed E-state index contributed by atoms with van der Waals surface area (Å²) in [5.74, 6) is 0.169. The Bertz CT molecular complexity index is 670. The molecule has 0 fully saturated rings. The van der Waals surface area contributed by atoms with E-state index in [1.807, 2.05) is 0 Å². The van der Waals surface area contributed by atoms with Crippen molar-refractivity contribution in [3.63, 3.8) is 0 Å². The summed E-state index contributed by atoms with van der Waals surface area (Å²) in [6, 6.07) is 4.85. The van der Waals surface area contributed by atoms with E-state index < -0.39 is 15.7 Å². The van der Waals surface area contributed by atoms with Gasteiger partial charge in [-0.05, 0) is 30.7 Å². The van der Waals surface area contributed by atoms with E-state index >= 15 is 0 Å². The van der Waals surface area contributed by atoms with Crippen molar-refractivity contribution in [3.05, 3.63) is 30.1 Å². The van der Waals surface area contributed by atoms with Crippen LogP contribution < -0.4 is 5.73 Å². The molecule has 0 aliphatic rings. The summed E-state index contributed by atoms with van der Waals surface area (Å²) in [7, 11) is -3.36. The zero-order valence-corrected chi connectivity index (χ0v) is 12.8. The van der Waals surface area contributed by atoms with Crippen LogP contribution in [-0.2, 0) is 9.84 Å². The van der Waals surface area contributed by atoms with Gasteiger partial charge in [0.25, 0.3) is 0 Å². The average molecular weight is 333 g/mol. The molecule has 0 spiro atoms. The van der Waals surface area contributed by atoms with Crippen LogP contribution in [0.1, 0.15) is 6.42 Å². The van der Waals surface area contributed by atoms with Crippen LogP contribution in [0, 0.1) is 5.82 Å². The first kappa shape index (κ1) is 15.2. The molecule has 0 saturated carbocycles. The maximum atomic E-state index is 12.8. The first-order valence-corrected chi connectivity index (χ1v) is 9.13. The molecule has 1 aromatic carbocycles. The second-order valence-corrected chi connectivity index (χ2v) is 8.34. The fourth-order valence-electron chi connectivity index (χ4n) is 1.45. The first-order chi connectivity index (χ1) is 9.47. The number of hydrogen-bond acceptors (Lipinski definition) is 7. The molecule has 0 aliphatic heterocycles. The van der Waals surface area contributed by atoms with Crippen LogP contribution in [0.4, 0.5) is 9.52 Å². The molecule has 0 amide bonds. The average Bonchev–Trinajstić information content (AvgIpc) is 2.81. The van der Waals surface area contributed by atoms with Gasteiger partial charge in [-0.25, -0.2) is 12.8 Å². The number of nitrogens with two attached hydrogens (primary N) is 1. The van der Waals surface area contributed by atoms with Crippen molar-refractivity contribution in [3.8, 4) is 0 Å². The third kappa shape index (κ3) is 4.15. The highest BCUT2D eigenvalue weighted by molar-refractivity contribution is 8.01. The maximum absolute atomic E-state index is 12.8. The molecule has 0 bridgehead atoms. The largest absolute Gasteiger partial charge is 0.374 e. The monoisotopic (exact) mass is 333 g/mol. The SMILES string of the molecule is Nc1nnc(SCCCS(=O)(=O)c2ccc(F)cc2)s1. The summed E-state index contributed by atoms with van der Waals surface area (Å²) in [4.78, 5) is 0.143. The van der Waals surface area contributed by atoms with Crippen LogP contribution in [0.15, 0.2) is 33.5 Å². The topological polar surface area (TPSA) is 85.9 Å². The van der Waals surface area contributed by atoms with Gasteiger partial charge < -0.3 is 5.73 Å². The highest BCUT2D eigenvalue weighted by Crippen LogP contribution is 2.24. The lowest BCUT2D eigenvalue weighted by molar-refractivity contribution is 0.593. The highest BCUT2D eigenvalue weighted by atomic mass is 32.2. The van der Waals surface area contributed by atoms with Crippen LogP contribution in [0.25, 0.3) is 0 Å². The third-order valence-corrected chi connectivity index (χ3v) is 6.17. The fourth-order valence-corrected chi connectivity index (χ4v) is 4.59. The number of thioether (sulfide) groups is 1. The van der Waals surface area contributed by atoms with Gasteiger partial charge in [0.1, 0.15) is 5.82 Å². The number of aromatic nitrogens is 2. The van der Waals surface area contributed by atoms with E-state index in [0.29, 0.717) is 17.3 Å². The molecule has 2 aromatic rings. The molecule has 0 unspecified atom stereocenters. The highest BCUT2D eigenvalue weighted by Gasteiger charge is 2.14. The van der Waals surface area contributed by atoms with Crippen molar-refractivity contribution in [1.29, 1.82) is 0 Å². The number of hydrogen-bond donors (Lipinski definition) is 1. The lowest BCUT2D eigenvalue weighted by Gasteiger charge is -2.03. The van der Waals surface area contributed by atoms with E-state index in [2.05, 4.69) is 10.2 Å².